The summed E-state index contributed by atoms with van der Waals surface area (Å²) in [7, 11) is 0. The Morgan fingerprint density at radius 2 is 1.97 bits per heavy atom. The van der Waals surface area contributed by atoms with E-state index in [-0.39, 0.29) is 42.4 Å². The van der Waals surface area contributed by atoms with Crippen LogP contribution in [0.1, 0.15) is 46.5 Å². The molecule has 4 fully saturated rings. The third-order valence-electron chi connectivity index (χ3n) is 8.00. The predicted molar refractivity (Wildman–Crippen MR) is 110 cm³/mol. The highest BCUT2D eigenvalue weighted by atomic mass is 16.7. The Kier molecular flexibility index (Phi) is 6.41. The fourth-order valence-corrected chi connectivity index (χ4v) is 6.01. The predicted octanol–water partition coefficient (Wildman–Crippen LogP) is 0.686. The van der Waals surface area contributed by atoms with Crippen LogP contribution in [0.5, 0.6) is 0 Å². The quantitative estimate of drug-likeness (QED) is 0.414. The minimum atomic E-state index is -1.51. The second-order valence-electron chi connectivity index (χ2n) is 10.0. The van der Waals surface area contributed by atoms with E-state index in [0.717, 1.165) is 18.4 Å². The summed E-state index contributed by atoms with van der Waals surface area (Å²) < 4.78 is 22.6. The zero-order valence-corrected chi connectivity index (χ0v) is 18.8. The van der Waals surface area contributed by atoms with Crippen LogP contribution in [-0.2, 0) is 28.5 Å². The lowest BCUT2D eigenvalue weighted by Gasteiger charge is -2.45. The number of fused-ring (bicyclic) bond motifs is 2. The summed E-state index contributed by atoms with van der Waals surface area (Å²) in [6, 6.07) is 0. The maximum absolute atomic E-state index is 12.2. The van der Waals surface area contributed by atoms with E-state index in [1.807, 2.05) is 13.8 Å². The first-order chi connectivity index (χ1) is 15.0. The van der Waals surface area contributed by atoms with Gasteiger partial charge in [0.15, 0.2) is 6.29 Å². The Hall–Kier alpha value is -1.52. The van der Waals surface area contributed by atoms with Crippen molar-refractivity contribution in [1.29, 1.82) is 0 Å². The topological polar surface area (TPSA) is 132 Å². The zero-order valence-electron chi connectivity index (χ0n) is 18.8. The zero-order chi connectivity index (χ0) is 23.4. The summed E-state index contributed by atoms with van der Waals surface area (Å²) >= 11 is 0. The molecule has 0 aromatic heterocycles. The Bertz CT molecular complexity index is 769. The Balaban J connectivity index is 1.53. The maximum Gasteiger partial charge on any atom is 0.309 e. The van der Waals surface area contributed by atoms with Gasteiger partial charge in [-0.2, -0.15) is 0 Å². The van der Waals surface area contributed by atoms with Crippen molar-refractivity contribution in [3.8, 4) is 0 Å². The van der Waals surface area contributed by atoms with E-state index < -0.39 is 42.3 Å². The van der Waals surface area contributed by atoms with Crippen molar-refractivity contribution in [3.63, 3.8) is 0 Å². The molecule has 2 aliphatic heterocycles. The number of aliphatic hydroxyl groups is 3. The third-order valence-corrected chi connectivity index (χ3v) is 8.00. The lowest BCUT2D eigenvalue weighted by Crippen LogP contribution is -2.61. The molecule has 9 nitrogen and oxygen atoms in total. The van der Waals surface area contributed by atoms with Crippen LogP contribution in [0.4, 0.5) is 0 Å². The van der Waals surface area contributed by atoms with Gasteiger partial charge in [0.25, 0.3) is 0 Å². The molecule has 2 saturated carbocycles. The number of hydrogen-bond acceptors (Lipinski definition) is 9. The second kappa shape index (κ2) is 8.68. The van der Waals surface area contributed by atoms with Gasteiger partial charge in [-0.05, 0) is 38.0 Å². The van der Waals surface area contributed by atoms with Crippen molar-refractivity contribution < 1.29 is 43.9 Å². The van der Waals surface area contributed by atoms with Crippen LogP contribution in [0.3, 0.4) is 0 Å². The monoisotopic (exact) mass is 454 g/mol. The second-order valence-corrected chi connectivity index (χ2v) is 10.0. The van der Waals surface area contributed by atoms with Crippen molar-refractivity contribution in [3.05, 3.63) is 12.2 Å². The molecule has 2 saturated heterocycles. The molecule has 9 heteroatoms. The molecule has 0 bridgehead atoms. The van der Waals surface area contributed by atoms with E-state index in [1.54, 1.807) is 0 Å². The molecule has 1 unspecified atom stereocenters. The Morgan fingerprint density at radius 3 is 2.66 bits per heavy atom. The molecule has 0 aromatic rings. The number of ether oxygens (including phenoxy) is 4. The molecule has 2 aliphatic carbocycles. The molecule has 32 heavy (non-hydrogen) atoms. The molecule has 0 aromatic carbocycles. The molecule has 180 valence electrons. The van der Waals surface area contributed by atoms with E-state index in [4.69, 9.17) is 18.9 Å². The summed E-state index contributed by atoms with van der Waals surface area (Å²) in [6.45, 7) is 9.11. The molecule has 0 amide bonds. The van der Waals surface area contributed by atoms with Crippen molar-refractivity contribution in [2.75, 3.05) is 6.61 Å². The molecule has 2 heterocycles. The van der Waals surface area contributed by atoms with Gasteiger partial charge >= 0.3 is 11.9 Å². The molecule has 4 aliphatic rings. The minimum Gasteiger partial charge on any atom is -0.463 e. The van der Waals surface area contributed by atoms with Gasteiger partial charge < -0.3 is 34.3 Å². The highest BCUT2D eigenvalue weighted by Gasteiger charge is 2.56. The lowest BCUT2D eigenvalue weighted by atomic mass is 9.77. The summed E-state index contributed by atoms with van der Waals surface area (Å²) in [5.74, 6) is -0.616. The average molecular weight is 455 g/mol. The summed E-state index contributed by atoms with van der Waals surface area (Å²) in [5.41, 5.74) is 0.345. The van der Waals surface area contributed by atoms with E-state index >= 15 is 0 Å². The largest absolute Gasteiger partial charge is 0.463 e. The first-order valence-electron chi connectivity index (χ1n) is 11.4. The molecule has 0 radical (unpaired) electrons. The van der Waals surface area contributed by atoms with E-state index in [1.165, 1.54) is 6.92 Å². The molecule has 3 N–H and O–H groups in total. The molecule has 0 spiro atoms. The van der Waals surface area contributed by atoms with E-state index in [2.05, 4.69) is 6.58 Å². The highest BCUT2D eigenvalue weighted by Crippen LogP contribution is 2.55. The van der Waals surface area contributed by atoms with Crippen molar-refractivity contribution in [2.24, 2.45) is 23.7 Å². The number of aliphatic hydroxyl groups excluding tert-OH is 3. The van der Waals surface area contributed by atoms with Gasteiger partial charge in [-0.3, -0.25) is 9.59 Å². The normalized spacial score (nSPS) is 48.6. The summed E-state index contributed by atoms with van der Waals surface area (Å²) in [6.07, 6.45) is -3.87. The minimum absolute atomic E-state index is 0.0358. The van der Waals surface area contributed by atoms with Gasteiger partial charge in [-0.15, -0.1) is 0 Å². The average Bonchev–Trinajstić information content (AvgIpc) is 3.13. The Morgan fingerprint density at radius 1 is 1.25 bits per heavy atom. The first kappa shape index (κ1) is 23.6. The van der Waals surface area contributed by atoms with Crippen LogP contribution >= 0.6 is 0 Å². The van der Waals surface area contributed by atoms with Gasteiger partial charge in [0.05, 0.1) is 11.5 Å². The fraction of sp³-hybridized carbons (Fsp3) is 0.826. The van der Waals surface area contributed by atoms with Gasteiger partial charge in [-0.1, -0.05) is 19.1 Å². The van der Waals surface area contributed by atoms with E-state index in [0.29, 0.717) is 12.8 Å². The van der Waals surface area contributed by atoms with Crippen LogP contribution in [-0.4, -0.2) is 76.3 Å². The van der Waals surface area contributed by atoms with Crippen molar-refractivity contribution >= 4 is 11.9 Å². The fourth-order valence-electron chi connectivity index (χ4n) is 6.01. The van der Waals surface area contributed by atoms with Crippen molar-refractivity contribution in [1.82, 2.24) is 0 Å². The van der Waals surface area contributed by atoms with Crippen molar-refractivity contribution in [2.45, 2.75) is 88.9 Å². The molecular weight excluding hydrogens is 420 g/mol. The maximum atomic E-state index is 12.2. The van der Waals surface area contributed by atoms with Crippen LogP contribution in [0, 0.1) is 23.7 Å². The number of carbonyl (C=O) groups is 2. The molecular formula is C23H34O9. The van der Waals surface area contributed by atoms with Gasteiger partial charge in [0.1, 0.15) is 37.1 Å². The smallest absolute Gasteiger partial charge is 0.309 e. The highest BCUT2D eigenvalue weighted by molar-refractivity contribution is 5.75. The SMILES string of the molecule is C=C1C[C@H]2OC(=O)[C@@H](C)[C@@H]2C[C@@H]2[C@@H]1CC[C@@]2(C)O[C@@H]1O[C@H](COC(C)=O)[C@@H](O)[C@H](O)C1O. The van der Waals surface area contributed by atoms with Gasteiger partial charge in [0.2, 0.25) is 0 Å². The first-order valence-corrected chi connectivity index (χ1v) is 11.4. The van der Waals surface area contributed by atoms with Crippen LogP contribution in [0.15, 0.2) is 12.2 Å². The standard InChI is InChI=1S/C23H34O9/c1-10-7-16-14(11(2)21(28)30-16)8-15-13(10)5-6-23(15,4)32-22-20(27)19(26)18(25)17(31-22)9-29-12(3)24/h11,13-20,22,25-27H,1,5-9H2,2-4H3/t11-,13+,14-,15+,16+,17+,18+,19-,20?,22-,23+/m0/s1. The number of hydrogen-bond donors (Lipinski definition) is 3. The summed E-state index contributed by atoms with van der Waals surface area (Å²) in [5, 5.41) is 31.1. The van der Waals surface area contributed by atoms with Crippen LogP contribution in [0.2, 0.25) is 0 Å². The number of carbonyl (C=O) groups excluding carboxylic acids is 2. The lowest BCUT2D eigenvalue weighted by molar-refractivity contribution is -0.330. The van der Waals surface area contributed by atoms with Gasteiger partial charge in [-0.25, -0.2) is 0 Å². The van der Waals surface area contributed by atoms with E-state index in [9.17, 15) is 24.9 Å². The number of esters is 2. The number of rotatable bonds is 4. The van der Waals surface area contributed by atoms with Gasteiger partial charge in [0, 0.05) is 19.3 Å². The molecule has 4 rings (SSSR count). The summed E-state index contributed by atoms with van der Waals surface area (Å²) in [4.78, 5) is 23.3. The Labute approximate surface area is 187 Å². The van der Waals surface area contributed by atoms with Crippen LogP contribution in [0.25, 0.3) is 0 Å². The third kappa shape index (κ3) is 4.09. The molecule has 11 atom stereocenters. The van der Waals surface area contributed by atoms with Crippen LogP contribution < -0.4 is 0 Å².